The molecule has 2 aromatic heterocycles. The molecule has 0 saturated heterocycles. The van der Waals surface area contributed by atoms with Crippen molar-refractivity contribution in [3.8, 4) is 0 Å². The second kappa shape index (κ2) is 12.6. The molecule has 0 aliphatic heterocycles. The smallest absolute Gasteiger partial charge is 0.171 e. The highest BCUT2D eigenvalue weighted by Crippen LogP contribution is 2.09. The van der Waals surface area contributed by atoms with Crippen molar-refractivity contribution < 1.29 is 9.13 Å². The largest absolute Gasteiger partial charge is 0.205 e. The molecule has 0 saturated carbocycles. The fourth-order valence-electron chi connectivity index (χ4n) is 3.50. The second-order valence-corrected chi connectivity index (χ2v) is 7.44. The first kappa shape index (κ1) is 20.6. The molecule has 0 aliphatic carbocycles. The molecule has 0 aliphatic rings. The highest BCUT2D eigenvalue weighted by Gasteiger charge is 2.03. The van der Waals surface area contributed by atoms with Crippen LogP contribution in [-0.2, 0) is 25.9 Å². The number of aryl methyl sites for hydroxylation is 4. The quantitative estimate of drug-likeness (QED) is 0.345. The Morgan fingerprint density at radius 3 is 1.35 bits per heavy atom. The van der Waals surface area contributed by atoms with Crippen molar-refractivity contribution in [2.24, 2.45) is 0 Å². The van der Waals surface area contributed by atoms with Crippen LogP contribution in [0.3, 0.4) is 0 Å². The van der Waals surface area contributed by atoms with E-state index in [9.17, 15) is 0 Å². The zero-order chi connectivity index (χ0) is 18.5. The lowest BCUT2D eigenvalue weighted by molar-refractivity contribution is -0.697. The maximum Gasteiger partial charge on any atom is 0.171 e. The van der Waals surface area contributed by atoms with Gasteiger partial charge in [-0.3, -0.25) is 0 Å². The number of hydrogen-bond donors (Lipinski definition) is 0. The molecule has 0 unspecified atom stereocenters. The lowest BCUT2D eigenvalue weighted by atomic mass is 10.1. The molecular formula is C24H38N2+2. The number of pyridine rings is 2. The predicted octanol–water partition coefficient (Wildman–Crippen LogP) is 5.21. The van der Waals surface area contributed by atoms with Crippen molar-refractivity contribution in [1.82, 2.24) is 0 Å². The van der Waals surface area contributed by atoms with Crippen LogP contribution in [0.1, 0.15) is 76.3 Å². The fourth-order valence-corrected chi connectivity index (χ4v) is 3.50. The summed E-state index contributed by atoms with van der Waals surface area (Å²) in [6, 6.07) is 8.79. The third-order valence-corrected chi connectivity index (χ3v) is 5.24. The number of hydrogen-bond acceptors (Lipinski definition) is 0. The average Bonchev–Trinajstić information content (AvgIpc) is 2.69. The highest BCUT2D eigenvalue weighted by molar-refractivity contribution is 5.04. The van der Waals surface area contributed by atoms with E-state index >= 15 is 0 Å². The monoisotopic (exact) mass is 354 g/mol. The molecule has 2 rings (SSSR count). The van der Waals surface area contributed by atoms with E-state index in [0.717, 1.165) is 12.8 Å². The van der Waals surface area contributed by atoms with Crippen LogP contribution in [0, 0.1) is 0 Å². The van der Waals surface area contributed by atoms with E-state index in [1.165, 1.54) is 75.6 Å². The standard InChI is InChI=1S/C24H38N2/c1-3-23-15-13-19-25(21-23)17-11-9-7-5-6-8-10-12-18-26-20-14-16-24(4-2)22-26/h13-16,19-22H,3-12,17-18H2,1-2H3/q+2. The lowest BCUT2D eigenvalue weighted by Gasteiger charge is -2.02. The molecule has 142 valence electrons. The molecular weight excluding hydrogens is 316 g/mol. The number of rotatable bonds is 13. The Morgan fingerprint density at radius 2 is 0.962 bits per heavy atom. The molecule has 0 aromatic carbocycles. The molecule has 0 N–H and O–H groups in total. The predicted molar refractivity (Wildman–Crippen MR) is 109 cm³/mol. The van der Waals surface area contributed by atoms with E-state index in [0.29, 0.717) is 0 Å². The van der Waals surface area contributed by atoms with Gasteiger partial charge >= 0.3 is 0 Å². The minimum Gasteiger partial charge on any atom is -0.205 e. The summed E-state index contributed by atoms with van der Waals surface area (Å²) in [5.41, 5.74) is 2.87. The van der Waals surface area contributed by atoms with E-state index in [1.54, 1.807) is 0 Å². The SMILES string of the molecule is CCc1ccc[n+](CCCCCCCCCC[n+]2cccc(CC)c2)c1. The first-order valence-corrected chi connectivity index (χ1v) is 10.8. The van der Waals surface area contributed by atoms with Gasteiger partial charge in [0.05, 0.1) is 0 Å². The highest BCUT2D eigenvalue weighted by atomic mass is 14.9. The molecule has 0 atom stereocenters. The number of nitrogens with zero attached hydrogens (tertiary/aromatic N) is 2. The minimum absolute atomic E-state index is 1.13. The molecule has 0 amide bonds. The summed E-state index contributed by atoms with van der Waals surface area (Å²) < 4.78 is 4.70. The summed E-state index contributed by atoms with van der Waals surface area (Å²) in [4.78, 5) is 0. The van der Waals surface area contributed by atoms with Gasteiger partial charge < -0.3 is 0 Å². The molecule has 0 radical (unpaired) electrons. The molecule has 2 heteroatoms. The Bertz CT molecular complexity index is 566. The molecule has 2 heterocycles. The molecule has 26 heavy (non-hydrogen) atoms. The van der Waals surface area contributed by atoms with Gasteiger partial charge in [0.15, 0.2) is 24.8 Å². The maximum atomic E-state index is 2.35. The summed E-state index contributed by atoms with van der Waals surface area (Å²) in [6.07, 6.45) is 22.2. The van der Waals surface area contributed by atoms with Gasteiger partial charge in [0, 0.05) is 36.1 Å². The van der Waals surface area contributed by atoms with Gasteiger partial charge in [-0.15, -0.1) is 0 Å². The van der Waals surface area contributed by atoms with Gasteiger partial charge in [-0.1, -0.05) is 39.5 Å². The van der Waals surface area contributed by atoms with Crippen LogP contribution in [0.25, 0.3) is 0 Å². The molecule has 0 fully saturated rings. The summed E-state index contributed by atoms with van der Waals surface area (Å²) in [7, 11) is 0. The third kappa shape index (κ3) is 8.12. The van der Waals surface area contributed by atoms with Gasteiger partial charge in [0.1, 0.15) is 13.1 Å². The van der Waals surface area contributed by atoms with E-state index in [1.807, 2.05) is 0 Å². The third-order valence-electron chi connectivity index (χ3n) is 5.24. The second-order valence-electron chi connectivity index (χ2n) is 7.44. The minimum atomic E-state index is 1.13. The van der Waals surface area contributed by atoms with Crippen molar-refractivity contribution in [2.45, 2.75) is 91.1 Å². The Hall–Kier alpha value is -1.70. The van der Waals surface area contributed by atoms with E-state index < -0.39 is 0 Å². The summed E-state index contributed by atoms with van der Waals surface area (Å²) in [5.74, 6) is 0. The van der Waals surface area contributed by atoms with Crippen LogP contribution < -0.4 is 9.13 Å². The Labute approximate surface area is 160 Å². The normalized spacial score (nSPS) is 11.0. The molecule has 2 nitrogen and oxygen atoms in total. The molecule has 0 spiro atoms. The van der Waals surface area contributed by atoms with E-state index in [-0.39, 0.29) is 0 Å². The van der Waals surface area contributed by atoms with Crippen LogP contribution in [0.5, 0.6) is 0 Å². The number of unbranched alkanes of at least 4 members (excludes halogenated alkanes) is 7. The zero-order valence-electron chi connectivity index (χ0n) is 17.0. The zero-order valence-corrected chi connectivity index (χ0v) is 17.0. The fraction of sp³-hybridized carbons (Fsp3) is 0.583. The summed E-state index contributed by atoms with van der Waals surface area (Å²) in [6.45, 7) is 6.78. The first-order valence-electron chi connectivity index (χ1n) is 10.8. The number of aromatic nitrogens is 2. The Kier molecular flexibility index (Phi) is 10.0. The van der Waals surface area contributed by atoms with Gasteiger partial charge in [-0.2, -0.15) is 0 Å². The summed E-state index contributed by atoms with van der Waals surface area (Å²) >= 11 is 0. The van der Waals surface area contributed by atoms with Crippen molar-refractivity contribution in [2.75, 3.05) is 0 Å². The molecule has 0 bridgehead atoms. The van der Waals surface area contributed by atoms with Gasteiger partial charge in [0.2, 0.25) is 0 Å². The van der Waals surface area contributed by atoms with Crippen molar-refractivity contribution >= 4 is 0 Å². The van der Waals surface area contributed by atoms with Crippen LogP contribution in [-0.4, -0.2) is 0 Å². The maximum absolute atomic E-state index is 2.35. The van der Waals surface area contributed by atoms with Crippen LogP contribution in [0.4, 0.5) is 0 Å². The van der Waals surface area contributed by atoms with Crippen LogP contribution in [0.15, 0.2) is 49.1 Å². The average molecular weight is 355 g/mol. The summed E-state index contributed by atoms with van der Waals surface area (Å²) in [5, 5.41) is 0. The van der Waals surface area contributed by atoms with Crippen LogP contribution in [0.2, 0.25) is 0 Å². The molecule has 2 aromatic rings. The topological polar surface area (TPSA) is 7.76 Å². The Morgan fingerprint density at radius 1 is 0.577 bits per heavy atom. The lowest BCUT2D eigenvalue weighted by Crippen LogP contribution is -2.33. The van der Waals surface area contributed by atoms with Crippen molar-refractivity contribution in [3.05, 3.63) is 60.2 Å². The van der Waals surface area contributed by atoms with Gasteiger partial charge in [-0.05, 0) is 37.8 Å². The van der Waals surface area contributed by atoms with Gasteiger partial charge in [-0.25, -0.2) is 9.13 Å². The van der Waals surface area contributed by atoms with Gasteiger partial charge in [0.25, 0.3) is 0 Å². The van der Waals surface area contributed by atoms with Crippen molar-refractivity contribution in [1.29, 1.82) is 0 Å². The first-order chi connectivity index (χ1) is 12.8. The van der Waals surface area contributed by atoms with E-state index in [2.05, 4.69) is 72.0 Å². The van der Waals surface area contributed by atoms with E-state index in [4.69, 9.17) is 0 Å². The Balaban J connectivity index is 1.44. The van der Waals surface area contributed by atoms with Crippen LogP contribution >= 0.6 is 0 Å². The van der Waals surface area contributed by atoms with Crippen molar-refractivity contribution in [3.63, 3.8) is 0 Å².